The first kappa shape index (κ1) is 17.1. The second kappa shape index (κ2) is 6.76. The van der Waals surface area contributed by atoms with E-state index in [1.54, 1.807) is 24.4 Å². The molecule has 2 aromatic carbocycles. The van der Waals surface area contributed by atoms with Crippen molar-refractivity contribution >= 4 is 44.3 Å². The van der Waals surface area contributed by atoms with Gasteiger partial charge < -0.3 is 9.52 Å². The van der Waals surface area contributed by atoms with Crippen LogP contribution in [0.25, 0.3) is 22.2 Å². The Morgan fingerprint density at radius 1 is 1.15 bits per heavy atom. The second-order valence-electron chi connectivity index (χ2n) is 5.79. The van der Waals surface area contributed by atoms with Gasteiger partial charge in [-0.1, -0.05) is 45.7 Å². The Kier molecular flexibility index (Phi) is 4.44. The van der Waals surface area contributed by atoms with Crippen molar-refractivity contribution in [2.24, 2.45) is 0 Å². The highest BCUT2D eigenvalue weighted by Gasteiger charge is 2.19. The Balaban J connectivity index is 1.76. The molecule has 6 heteroatoms. The van der Waals surface area contributed by atoms with Gasteiger partial charge in [0.2, 0.25) is 0 Å². The van der Waals surface area contributed by atoms with Gasteiger partial charge in [0.25, 0.3) is 5.91 Å². The number of nitrogens with zero attached hydrogens (tertiary/aromatic N) is 1. The summed E-state index contributed by atoms with van der Waals surface area (Å²) in [6.07, 6.45) is 1.64. The topological polar surface area (TPSA) is 55.4 Å². The smallest absolute Gasteiger partial charge is 0.298 e. The van der Waals surface area contributed by atoms with Crippen LogP contribution >= 0.6 is 27.5 Å². The van der Waals surface area contributed by atoms with Crippen LogP contribution in [0.3, 0.4) is 0 Å². The highest BCUT2D eigenvalue weighted by atomic mass is 79.9. The monoisotopic (exact) mass is 429 g/mol. The molecule has 0 aliphatic rings. The lowest BCUT2D eigenvalue weighted by atomic mass is 10.2. The summed E-state index contributed by atoms with van der Waals surface area (Å²) in [5.74, 6) is 0.411. The Morgan fingerprint density at radius 3 is 2.73 bits per heavy atom. The van der Waals surface area contributed by atoms with Gasteiger partial charge in [-0.25, -0.2) is 0 Å². The maximum absolute atomic E-state index is 12.9. The quantitative estimate of drug-likeness (QED) is 0.467. The molecule has 4 aromatic rings. The van der Waals surface area contributed by atoms with Crippen molar-refractivity contribution in [2.75, 3.05) is 0 Å². The third kappa shape index (κ3) is 2.88. The minimum Gasteiger partial charge on any atom is -0.451 e. The number of para-hydroxylation sites is 1. The van der Waals surface area contributed by atoms with Gasteiger partial charge in [0.15, 0.2) is 5.76 Å². The van der Waals surface area contributed by atoms with Gasteiger partial charge in [-0.2, -0.15) is 0 Å². The molecular weight excluding hydrogens is 418 g/mol. The second-order valence-corrected chi connectivity index (χ2v) is 7.12. The Bertz CT molecular complexity index is 1130. The summed E-state index contributed by atoms with van der Waals surface area (Å²) in [6, 6.07) is 16.2. The SMILES string of the molecule is O=C(c1ccc(-c2ccc(Br)cc2Cl)o1)n1cc(CO)c2ccccc21. The predicted octanol–water partition coefficient (Wildman–Crippen LogP) is 5.50. The standard InChI is InChI=1S/C20H13BrClNO3/c21-13-5-6-15(16(22)9-13)18-7-8-19(26-18)20(25)23-10-12(11-24)14-3-1-2-4-17(14)23/h1-10,24H,11H2. The lowest BCUT2D eigenvalue weighted by molar-refractivity contribution is 0.0938. The number of aliphatic hydroxyl groups excluding tert-OH is 1. The van der Waals surface area contributed by atoms with Crippen LogP contribution in [0, 0.1) is 0 Å². The molecule has 0 amide bonds. The molecule has 0 atom stereocenters. The molecule has 1 N–H and O–H groups in total. The van der Waals surface area contributed by atoms with E-state index in [1.165, 1.54) is 4.57 Å². The third-order valence-electron chi connectivity index (χ3n) is 4.20. The first-order chi connectivity index (χ1) is 12.6. The number of carbonyl (C=O) groups is 1. The Morgan fingerprint density at radius 2 is 1.96 bits per heavy atom. The van der Waals surface area contributed by atoms with Crippen molar-refractivity contribution in [2.45, 2.75) is 6.61 Å². The number of halogens is 2. The van der Waals surface area contributed by atoms with Gasteiger partial charge >= 0.3 is 0 Å². The normalized spacial score (nSPS) is 11.2. The molecule has 2 aromatic heterocycles. The summed E-state index contributed by atoms with van der Waals surface area (Å²) in [5.41, 5.74) is 2.13. The lowest BCUT2D eigenvalue weighted by Gasteiger charge is -2.03. The van der Waals surface area contributed by atoms with Gasteiger partial charge in [0.1, 0.15) is 5.76 Å². The van der Waals surface area contributed by atoms with Crippen molar-refractivity contribution in [1.82, 2.24) is 4.57 Å². The van der Waals surface area contributed by atoms with Crippen LogP contribution in [-0.2, 0) is 6.61 Å². The minimum absolute atomic E-state index is 0.140. The van der Waals surface area contributed by atoms with E-state index < -0.39 is 0 Å². The molecule has 0 aliphatic carbocycles. The highest BCUT2D eigenvalue weighted by molar-refractivity contribution is 9.10. The van der Waals surface area contributed by atoms with Crippen molar-refractivity contribution in [3.63, 3.8) is 0 Å². The van der Waals surface area contributed by atoms with Crippen LogP contribution in [0.15, 0.2) is 69.7 Å². The molecule has 0 spiro atoms. The van der Waals surface area contributed by atoms with Crippen molar-refractivity contribution in [1.29, 1.82) is 0 Å². The third-order valence-corrected chi connectivity index (χ3v) is 5.00. The van der Waals surface area contributed by atoms with Gasteiger partial charge in [0.05, 0.1) is 17.1 Å². The molecule has 2 heterocycles. The van der Waals surface area contributed by atoms with E-state index in [-0.39, 0.29) is 18.3 Å². The number of furan rings is 1. The average Bonchev–Trinajstić information content (AvgIpc) is 3.26. The van der Waals surface area contributed by atoms with E-state index in [0.29, 0.717) is 21.9 Å². The van der Waals surface area contributed by atoms with E-state index in [0.717, 1.165) is 15.4 Å². The fourth-order valence-corrected chi connectivity index (χ4v) is 3.72. The summed E-state index contributed by atoms with van der Waals surface area (Å²) in [7, 11) is 0. The van der Waals surface area contributed by atoms with Gasteiger partial charge in [-0.3, -0.25) is 9.36 Å². The fourth-order valence-electron chi connectivity index (χ4n) is 2.95. The minimum atomic E-state index is -0.305. The molecule has 0 saturated carbocycles. The fraction of sp³-hybridized carbons (Fsp3) is 0.0500. The number of hydrogen-bond donors (Lipinski definition) is 1. The maximum atomic E-state index is 12.9. The van der Waals surface area contributed by atoms with E-state index in [4.69, 9.17) is 16.0 Å². The molecule has 0 radical (unpaired) electrons. The van der Waals surface area contributed by atoms with Crippen LogP contribution in [0.1, 0.15) is 16.1 Å². The predicted molar refractivity (Wildman–Crippen MR) is 104 cm³/mol. The lowest BCUT2D eigenvalue weighted by Crippen LogP contribution is -2.09. The molecule has 0 aliphatic heterocycles. The molecule has 0 bridgehead atoms. The zero-order valence-corrected chi connectivity index (χ0v) is 15.8. The Hall–Kier alpha value is -2.34. The summed E-state index contributed by atoms with van der Waals surface area (Å²) in [4.78, 5) is 12.9. The van der Waals surface area contributed by atoms with Crippen molar-refractivity contribution in [3.8, 4) is 11.3 Å². The van der Waals surface area contributed by atoms with Crippen molar-refractivity contribution in [3.05, 3.63) is 81.6 Å². The first-order valence-electron chi connectivity index (χ1n) is 7.88. The van der Waals surface area contributed by atoms with E-state index >= 15 is 0 Å². The largest absolute Gasteiger partial charge is 0.451 e. The van der Waals surface area contributed by atoms with Gasteiger partial charge in [-0.05, 0) is 36.4 Å². The van der Waals surface area contributed by atoms with Crippen LogP contribution in [0.2, 0.25) is 5.02 Å². The van der Waals surface area contributed by atoms with Gasteiger partial charge in [0, 0.05) is 27.2 Å². The first-order valence-corrected chi connectivity index (χ1v) is 9.05. The number of aromatic nitrogens is 1. The number of rotatable bonds is 3. The Labute approximate surface area is 162 Å². The molecule has 0 unspecified atom stereocenters. The van der Waals surface area contributed by atoms with Crippen LogP contribution < -0.4 is 0 Å². The number of carbonyl (C=O) groups excluding carboxylic acids is 1. The van der Waals surface area contributed by atoms with E-state index in [1.807, 2.05) is 36.4 Å². The zero-order valence-electron chi connectivity index (χ0n) is 13.4. The average molecular weight is 431 g/mol. The molecule has 0 fully saturated rings. The van der Waals surface area contributed by atoms with Crippen molar-refractivity contribution < 1.29 is 14.3 Å². The summed E-state index contributed by atoms with van der Waals surface area (Å²) >= 11 is 9.63. The summed E-state index contributed by atoms with van der Waals surface area (Å²) < 4.78 is 8.12. The van der Waals surface area contributed by atoms with Crippen LogP contribution in [-0.4, -0.2) is 15.6 Å². The van der Waals surface area contributed by atoms with E-state index in [9.17, 15) is 9.90 Å². The maximum Gasteiger partial charge on any atom is 0.298 e. The van der Waals surface area contributed by atoms with Gasteiger partial charge in [-0.15, -0.1) is 0 Å². The molecule has 26 heavy (non-hydrogen) atoms. The molecular formula is C20H13BrClNO3. The zero-order chi connectivity index (χ0) is 18.3. The molecule has 130 valence electrons. The number of benzene rings is 2. The highest BCUT2D eigenvalue weighted by Crippen LogP contribution is 2.32. The number of fused-ring (bicyclic) bond motifs is 1. The number of aliphatic hydroxyl groups is 1. The van der Waals surface area contributed by atoms with Crippen LogP contribution in [0.4, 0.5) is 0 Å². The molecule has 0 saturated heterocycles. The summed E-state index contributed by atoms with van der Waals surface area (Å²) in [6.45, 7) is -0.140. The van der Waals surface area contributed by atoms with Crippen LogP contribution in [0.5, 0.6) is 0 Å². The van der Waals surface area contributed by atoms with E-state index in [2.05, 4.69) is 15.9 Å². The number of hydrogen-bond acceptors (Lipinski definition) is 3. The molecule has 4 nitrogen and oxygen atoms in total. The summed E-state index contributed by atoms with van der Waals surface area (Å²) in [5, 5.41) is 10.9. The molecule has 4 rings (SSSR count).